The number of H-pyrrole nitrogens is 2. The van der Waals surface area contributed by atoms with Crippen molar-refractivity contribution in [1.82, 2.24) is 19.8 Å². The van der Waals surface area contributed by atoms with Gasteiger partial charge in [-0.2, -0.15) is 13.2 Å². The number of likely N-dealkylation sites (N-methyl/N-ethyl adjacent to an activating group) is 1. The molecule has 1 fully saturated rings. The zero-order chi connectivity index (χ0) is 35.4. The summed E-state index contributed by atoms with van der Waals surface area (Å²) < 4.78 is 70.4. The Kier molecular flexibility index (Phi) is 8.96. The Morgan fingerprint density at radius 1 is 0.918 bits per heavy atom. The van der Waals surface area contributed by atoms with Crippen LogP contribution in [-0.4, -0.2) is 112 Å². The van der Waals surface area contributed by atoms with Crippen molar-refractivity contribution in [3.05, 3.63) is 40.7 Å². The molecule has 4 heterocycles. The molecule has 262 valence electrons. The van der Waals surface area contributed by atoms with E-state index in [2.05, 4.69) is 9.97 Å². The first-order valence-electron chi connectivity index (χ1n) is 15.1. The molecule has 2 amide bonds. The van der Waals surface area contributed by atoms with Crippen molar-refractivity contribution in [3.8, 4) is 23.0 Å². The van der Waals surface area contributed by atoms with Crippen LogP contribution in [0.3, 0.4) is 0 Å². The van der Waals surface area contributed by atoms with Crippen LogP contribution in [0.2, 0.25) is 0 Å². The van der Waals surface area contributed by atoms with Crippen molar-refractivity contribution < 1.29 is 51.2 Å². The molecule has 0 aliphatic carbocycles. The number of halogens is 4. The first-order chi connectivity index (χ1) is 23.4. The van der Waals surface area contributed by atoms with Crippen molar-refractivity contribution in [2.24, 2.45) is 0 Å². The second-order valence-electron chi connectivity index (χ2n) is 11.6. The number of nitrogens with zero attached hydrogens (tertiary/aromatic N) is 3. The van der Waals surface area contributed by atoms with E-state index < -0.39 is 41.3 Å². The van der Waals surface area contributed by atoms with Gasteiger partial charge >= 0.3 is 18.2 Å². The number of aromatic nitrogens is 2. The van der Waals surface area contributed by atoms with Crippen LogP contribution in [0, 0.1) is 0 Å². The normalized spacial score (nSPS) is 16.6. The van der Waals surface area contributed by atoms with Crippen molar-refractivity contribution in [2.75, 3.05) is 79.0 Å². The molecular formula is C32H33ClF3N5O8. The van der Waals surface area contributed by atoms with E-state index >= 15 is 0 Å². The van der Waals surface area contributed by atoms with E-state index in [1.807, 2.05) is 11.9 Å². The maximum Gasteiger partial charge on any atom is 0.432 e. The lowest BCUT2D eigenvalue weighted by atomic mass is 9.95. The van der Waals surface area contributed by atoms with Crippen LogP contribution < -0.4 is 23.8 Å². The largest absolute Gasteiger partial charge is 0.493 e. The maximum absolute atomic E-state index is 14.5. The molecule has 2 N–H and O–H groups in total. The number of anilines is 1. The lowest BCUT2D eigenvalue weighted by molar-refractivity contribution is -0.141. The summed E-state index contributed by atoms with van der Waals surface area (Å²) in [5, 5.41) is 0.350. The van der Waals surface area contributed by atoms with Gasteiger partial charge in [0.25, 0.3) is 5.91 Å². The summed E-state index contributed by atoms with van der Waals surface area (Å²) in [5.74, 6) is -2.05. The molecule has 1 atom stereocenters. The molecule has 6 rings (SSSR count). The summed E-state index contributed by atoms with van der Waals surface area (Å²) in [6, 6.07) is 4.55. The number of benzene rings is 2. The van der Waals surface area contributed by atoms with Gasteiger partial charge in [-0.05, 0) is 24.7 Å². The van der Waals surface area contributed by atoms with E-state index in [4.69, 9.17) is 35.3 Å². The lowest BCUT2D eigenvalue weighted by Gasteiger charge is -2.31. The number of alkyl halides is 4. The van der Waals surface area contributed by atoms with Crippen molar-refractivity contribution in [1.29, 1.82) is 0 Å². The number of carbonyl (C=O) groups is 3. The zero-order valence-electron chi connectivity index (χ0n) is 27.2. The number of ether oxygens (including phenoxy) is 5. The second-order valence-corrected chi connectivity index (χ2v) is 11.9. The maximum atomic E-state index is 14.5. The molecule has 2 aromatic heterocycles. The van der Waals surface area contributed by atoms with Gasteiger partial charge in [-0.3, -0.25) is 4.79 Å². The molecule has 2 aliphatic rings. The van der Waals surface area contributed by atoms with Gasteiger partial charge in [0.1, 0.15) is 11.4 Å². The quantitative estimate of drug-likeness (QED) is 0.196. The predicted molar refractivity (Wildman–Crippen MR) is 173 cm³/mol. The molecule has 1 unspecified atom stereocenters. The number of amides is 2. The SMILES string of the molecule is COC(=O)c1c(C(F)(F)F)[nH]c2c(OC(=O)N3CCN(C)CC3)cc3c(c12)C(CCl)CN3C(=O)c1cc2cc(OC)c(OC)c(OC)c2[nH]1. The Balaban J connectivity index is 1.54. The second kappa shape index (κ2) is 12.9. The van der Waals surface area contributed by atoms with Crippen LogP contribution in [-0.2, 0) is 10.9 Å². The third-order valence-corrected chi connectivity index (χ3v) is 9.25. The van der Waals surface area contributed by atoms with Gasteiger partial charge in [0.2, 0.25) is 5.75 Å². The van der Waals surface area contributed by atoms with Gasteiger partial charge in [0.05, 0.1) is 50.7 Å². The van der Waals surface area contributed by atoms with E-state index in [1.54, 1.807) is 12.1 Å². The molecule has 1 saturated heterocycles. The Morgan fingerprint density at radius 3 is 2.20 bits per heavy atom. The third kappa shape index (κ3) is 5.71. The Morgan fingerprint density at radius 2 is 1.61 bits per heavy atom. The summed E-state index contributed by atoms with van der Waals surface area (Å²) in [6.07, 6.45) is -5.82. The fourth-order valence-corrected chi connectivity index (χ4v) is 6.72. The van der Waals surface area contributed by atoms with E-state index in [1.165, 1.54) is 37.2 Å². The molecule has 0 radical (unpaired) electrons. The summed E-state index contributed by atoms with van der Waals surface area (Å²) in [4.78, 5) is 50.8. The standard InChI is InChI=1S/C32H33ClF3N5O8/c1-39-6-8-40(9-7-39)31(44)49-19-12-18-21(22-23(30(43)48-5)28(32(34,35)36)38-25(19)22)16(13-33)14-41(18)29(42)17-10-15-11-20(45-2)26(46-3)27(47-4)24(15)37-17/h10-12,16,37-38H,6-9,13-14H2,1-5H3. The number of aromatic amines is 2. The van der Waals surface area contributed by atoms with Crippen molar-refractivity contribution in [3.63, 3.8) is 0 Å². The average Bonchev–Trinajstić information content (AvgIpc) is 3.80. The molecule has 4 aromatic rings. The summed E-state index contributed by atoms with van der Waals surface area (Å²) in [6.45, 7) is 1.72. The van der Waals surface area contributed by atoms with Crippen LogP contribution in [0.4, 0.5) is 23.7 Å². The first-order valence-corrected chi connectivity index (χ1v) is 15.6. The number of carbonyl (C=O) groups excluding carboxylic acids is 3. The third-order valence-electron chi connectivity index (χ3n) is 8.88. The molecule has 2 aliphatic heterocycles. The van der Waals surface area contributed by atoms with Gasteiger partial charge in [-0.1, -0.05) is 0 Å². The zero-order valence-corrected chi connectivity index (χ0v) is 27.9. The number of methoxy groups -OCH3 is 4. The minimum Gasteiger partial charge on any atom is -0.493 e. The topological polar surface area (TPSA) is 139 Å². The molecule has 17 heteroatoms. The van der Waals surface area contributed by atoms with Gasteiger partial charge in [0, 0.05) is 61.4 Å². The molecular weight excluding hydrogens is 675 g/mol. The van der Waals surface area contributed by atoms with Crippen LogP contribution >= 0.6 is 11.6 Å². The number of hydrogen-bond acceptors (Lipinski definition) is 9. The molecule has 2 aromatic carbocycles. The molecule has 49 heavy (non-hydrogen) atoms. The molecule has 13 nitrogen and oxygen atoms in total. The Bertz CT molecular complexity index is 1970. The summed E-state index contributed by atoms with van der Waals surface area (Å²) in [7, 11) is 7.19. The first kappa shape index (κ1) is 34.0. The van der Waals surface area contributed by atoms with E-state index in [9.17, 15) is 27.6 Å². The minimum absolute atomic E-state index is 0.0606. The average molecular weight is 708 g/mol. The number of hydrogen-bond donors (Lipinski definition) is 2. The number of esters is 1. The van der Waals surface area contributed by atoms with Crippen LogP contribution in [0.25, 0.3) is 21.8 Å². The number of nitrogens with one attached hydrogen (secondary N) is 2. The molecule has 0 saturated carbocycles. The van der Waals surface area contributed by atoms with Crippen LogP contribution in [0.1, 0.15) is 38.0 Å². The van der Waals surface area contributed by atoms with E-state index in [0.717, 1.165) is 7.11 Å². The van der Waals surface area contributed by atoms with Gasteiger partial charge in [0.15, 0.2) is 17.2 Å². The van der Waals surface area contributed by atoms with Crippen molar-refractivity contribution >= 4 is 57.1 Å². The minimum atomic E-state index is -5.02. The molecule has 0 bridgehead atoms. The highest BCUT2D eigenvalue weighted by Gasteiger charge is 2.44. The highest BCUT2D eigenvalue weighted by atomic mass is 35.5. The van der Waals surface area contributed by atoms with Crippen LogP contribution in [0.15, 0.2) is 18.2 Å². The molecule has 0 spiro atoms. The summed E-state index contributed by atoms with van der Waals surface area (Å²) in [5.41, 5.74) is -1.61. The lowest BCUT2D eigenvalue weighted by Crippen LogP contribution is -2.48. The fourth-order valence-electron chi connectivity index (χ4n) is 6.47. The Labute approximate surface area is 282 Å². The van der Waals surface area contributed by atoms with E-state index in [-0.39, 0.29) is 51.8 Å². The highest BCUT2D eigenvalue weighted by molar-refractivity contribution is 6.20. The smallest absolute Gasteiger partial charge is 0.432 e. The monoisotopic (exact) mass is 707 g/mol. The number of fused-ring (bicyclic) bond motifs is 4. The van der Waals surface area contributed by atoms with Gasteiger partial charge in [-0.25, -0.2) is 9.59 Å². The highest BCUT2D eigenvalue weighted by Crippen LogP contribution is 2.50. The number of rotatable bonds is 7. The Hall–Kier alpha value is -4.83. The number of piperazine rings is 1. The van der Waals surface area contributed by atoms with Crippen molar-refractivity contribution in [2.45, 2.75) is 12.1 Å². The fraction of sp³-hybridized carbons (Fsp3) is 0.406. The van der Waals surface area contributed by atoms with Gasteiger partial charge < -0.3 is 48.4 Å². The van der Waals surface area contributed by atoms with E-state index in [0.29, 0.717) is 48.6 Å². The van der Waals surface area contributed by atoms with Gasteiger partial charge in [-0.15, -0.1) is 11.6 Å². The predicted octanol–water partition coefficient (Wildman–Crippen LogP) is 5.21. The van der Waals surface area contributed by atoms with Crippen LogP contribution in [0.5, 0.6) is 23.0 Å². The summed E-state index contributed by atoms with van der Waals surface area (Å²) >= 11 is 6.39.